The number of aromatic nitrogens is 2. The molecule has 0 radical (unpaired) electrons. The van der Waals surface area contributed by atoms with Gasteiger partial charge in [0.2, 0.25) is 5.88 Å². The van der Waals surface area contributed by atoms with Gasteiger partial charge in [-0.15, -0.1) is 0 Å². The van der Waals surface area contributed by atoms with Gasteiger partial charge < -0.3 is 19.0 Å². The second-order valence-corrected chi connectivity index (χ2v) is 8.70. The molecule has 0 spiro atoms. The number of benzene rings is 2. The summed E-state index contributed by atoms with van der Waals surface area (Å²) >= 11 is 1.05. The molecule has 4 rings (SSSR count). The van der Waals surface area contributed by atoms with Gasteiger partial charge in [0, 0.05) is 6.42 Å². The highest BCUT2D eigenvalue weighted by Gasteiger charge is 2.11. The lowest BCUT2D eigenvalue weighted by atomic mass is 10.1. The molecule has 0 aliphatic rings. The maximum Gasteiger partial charge on any atom is 0.307 e. The number of H-pyrrole nitrogens is 1. The Morgan fingerprint density at radius 3 is 2.64 bits per heavy atom. The molecule has 0 amide bonds. The molecule has 0 atom stereocenters. The Morgan fingerprint density at radius 2 is 1.88 bits per heavy atom. The van der Waals surface area contributed by atoms with Crippen molar-refractivity contribution in [2.24, 2.45) is 0 Å². The molecule has 2 heterocycles. The fraction of sp³-hybridized carbons (Fsp3) is 0.280. The molecule has 2 aromatic heterocycles. The van der Waals surface area contributed by atoms with Crippen LogP contribution >= 0.6 is 11.3 Å². The van der Waals surface area contributed by atoms with Crippen LogP contribution in [0, 0.1) is 0 Å². The lowest BCUT2D eigenvalue weighted by Gasteiger charge is -2.11. The Bertz CT molecular complexity index is 1230. The molecule has 0 unspecified atom stereocenters. The summed E-state index contributed by atoms with van der Waals surface area (Å²) in [6.45, 7) is 0.288. The molecule has 0 saturated heterocycles. The molecule has 172 valence electrons. The Morgan fingerprint density at radius 1 is 1.03 bits per heavy atom. The van der Waals surface area contributed by atoms with Crippen molar-refractivity contribution in [2.75, 3.05) is 7.11 Å². The number of ether oxygens (including phenoxy) is 2. The molecule has 4 aromatic rings. The maximum absolute atomic E-state index is 11.3. The van der Waals surface area contributed by atoms with Crippen LogP contribution in [-0.2, 0) is 32.3 Å². The van der Waals surface area contributed by atoms with Gasteiger partial charge >= 0.3 is 4.87 Å². The molecule has 33 heavy (non-hydrogen) atoms. The number of nitrogens with one attached hydrogen (secondary N) is 1. The van der Waals surface area contributed by atoms with E-state index in [1.165, 1.54) is 5.56 Å². The number of oxazole rings is 1. The Labute approximate surface area is 195 Å². The van der Waals surface area contributed by atoms with E-state index >= 15 is 0 Å². The van der Waals surface area contributed by atoms with Gasteiger partial charge in [0.05, 0.1) is 12.0 Å². The molecule has 0 saturated carbocycles. The van der Waals surface area contributed by atoms with Gasteiger partial charge in [-0.2, -0.15) is 0 Å². The average molecular weight is 467 g/mol. The third kappa shape index (κ3) is 6.26. The van der Waals surface area contributed by atoms with Gasteiger partial charge in [0.15, 0.2) is 17.4 Å². The Balaban J connectivity index is 1.28. The summed E-state index contributed by atoms with van der Waals surface area (Å²) in [5.41, 5.74) is 3.07. The van der Waals surface area contributed by atoms with E-state index in [0.717, 1.165) is 48.3 Å². The number of nitrogens with zero attached hydrogens (tertiary/aromatic N) is 1. The number of aromatic amines is 1. The van der Waals surface area contributed by atoms with Crippen molar-refractivity contribution in [3.05, 3.63) is 92.1 Å². The average Bonchev–Trinajstić information content (AvgIpc) is 3.42. The van der Waals surface area contributed by atoms with Gasteiger partial charge in [0.25, 0.3) is 0 Å². The van der Waals surface area contributed by atoms with Crippen molar-refractivity contribution >= 4 is 11.3 Å². The second kappa shape index (κ2) is 10.9. The van der Waals surface area contributed by atoms with Crippen LogP contribution in [0.3, 0.4) is 0 Å². The van der Waals surface area contributed by atoms with Crippen molar-refractivity contribution in [1.82, 2.24) is 9.97 Å². The van der Waals surface area contributed by atoms with Crippen molar-refractivity contribution in [1.29, 1.82) is 0 Å². The molecule has 2 N–H and O–H groups in total. The summed E-state index contributed by atoms with van der Waals surface area (Å²) in [4.78, 5) is 18.6. The molecule has 7 nitrogen and oxygen atoms in total. The number of aryl methyl sites for hydroxylation is 4. The largest absolute Gasteiger partial charge is 0.494 e. The van der Waals surface area contributed by atoms with Crippen LogP contribution in [0.2, 0.25) is 0 Å². The van der Waals surface area contributed by atoms with Crippen molar-refractivity contribution < 1.29 is 19.0 Å². The first-order chi connectivity index (χ1) is 16.1. The molecule has 0 aliphatic carbocycles. The number of hydrogen-bond acceptors (Lipinski definition) is 7. The standard InChI is InChI=1S/C25H26N2O5S/c1-30-21-14-18(8-5-9-22-24(28)27-25(29)33-22)10-12-20(21)31-15-19-16-32-23(26-19)13-11-17-6-3-2-4-7-17/h2-4,6-7,10,12,14,16,28H,5,8-9,11,13,15H2,1H3,(H,27,29). The zero-order valence-electron chi connectivity index (χ0n) is 18.4. The third-order valence-electron chi connectivity index (χ3n) is 5.24. The van der Waals surface area contributed by atoms with E-state index in [9.17, 15) is 9.90 Å². The van der Waals surface area contributed by atoms with Crippen molar-refractivity contribution in [3.8, 4) is 17.4 Å². The van der Waals surface area contributed by atoms with Crippen LogP contribution in [-0.4, -0.2) is 22.2 Å². The number of hydrogen-bond donors (Lipinski definition) is 2. The van der Waals surface area contributed by atoms with Crippen LogP contribution in [0.4, 0.5) is 0 Å². The zero-order chi connectivity index (χ0) is 23.0. The summed E-state index contributed by atoms with van der Waals surface area (Å²) in [5, 5.41) is 9.69. The summed E-state index contributed by atoms with van der Waals surface area (Å²) in [6, 6.07) is 16.1. The number of aromatic hydroxyl groups is 1. The maximum atomic E-state index is 11.3. The summed E-state index contributed by atoms with van der Waals surface area (Å²) in [5.74, 6) is 1.95. The van der Waals surface area contributed by atoms with Crippen molar-refractivity contribution in [3.63, 3.8) is 0 Å². The topological polar surface area (TPSA) is 97.6 Å². The molecular weight excluding hydrogens is 440 g/mol. The summed E-state index contributed by atoms with van der Waals surface area (Å²) in [6.07, 6.45) is 5.46. The van der Waals surface area contributed by atoms with Gasteiger partial charge in [-0.3, -0.25) is 9.78 Å². The van der Waals surface area contributed by atoms with E-state index in [4.69, 9.17) is 13.9 Å². The van der Waals surface area contributed by atoms with Crippen LogP contribution in [0.25, 0.3) is 0 Å². The first-order valence-corrected chi connectivity index (χ1v) is 11.6. The molecule has 0 bridgehead atoms. The van der Waals surface area contributed by atoms with Crippen LogP contribution in [0.15, 0.2) is 64.0 Å². The first kappa shape index (κ1) is 22.7. The van der Waals surface area contributed by atoms with Gasteiger partial charge in [-0.25, -0.2) is 4.98 Å². The predicted molar refractivity (Wildman–Crippen MR) is 126 cm³/mol. The van der Waals surface area contributed by atoms with E-state index in [2.05, 4.69) is 22.1 Å². The second-order valence-electron chi connectivity index (χ2n) is 7.63. The summed E-state index contributed by atoms with van der Waals surface area (Å²) < 4.78 is 17.0. The molecule has 2 aromatic carbocycles. The van der Waals surface area contributed by atoms with E-state index in [1.54, 1.807) is 13.4 Å². The third-order valence-corrected chi connectivity index (χ3v) is 6.17. The minimum absolute atomic E-state index is 0.0255. The van der Waals surface area contributed by atoms with E-state index in [0.29, 0.717) is 28.7 Å². The van der Waals surface area contributed by atoms with Crippen LogP contribution in [0.1, 0.15) is 34.0 Å². The molecule has 8 heteroatoms. The van der Waals surface area contributed by atoms with Crippen LogP contribution < -0.4 is 14.3 Å². The highest BCUT2D eigenvalue weighted by molar-refractivity contribution is 7.09. The highest BCUT2D eigenvalue weighted by Crippen LogP contribution is 2.30. The number of thiazole rings is 1. The monoisotopic (exact) mass is 466 g/mol. The molecular formula is C25H26N2O5S. The smallest absolute Gasteiger partial charge is 0.307 e. The minimum atomic E-state index is -0.235. The lowest BCUT2D eigenvalue weighted by molar-refractivity contribution is 0.280. The van der Waals surface area contributed by atoms with Crippen molar-refractivity contribution in [2.45, 2.75) is 38.7 Å². The molecule has 0 fully saturated rings. The predicted octanol–water partition coefficient (Wildman–Crippen LogP) is 4.68. The summed E-state index contributed by atoms with van der Waals surface area (Å²) in [7, 11) is 1.61. The van der Waals surface area contributed by atoms with Gasteiger partial charge in [0.1, 0.15) is 18.6 Å². The Hall–Kier alpha value is -3.52. The number of methoxy groups -OCH3 is 1. The zero-order valence-corrected chi connectivity index (χ0v) is 19.2. The highest BCUT2D eigenvalue weighted by atomic mass is 32.1. The number of rotatable bonds is 11. The van der Waals surface area contributed by atoms with E-state index in [-0.39, 0.29) is 17.4 Å². The van der Waals surface area contributed by atoms with Crippen LogP contribution in [0.5, 0.6) is 17.4 Å². The van der Waals surface area contributed by atoms with E-state index < -0.39 is 0 Å². The fourth-order valence-electron chi connectivity index (χ4n) is 3.54. The van der Waals surface area contributed by atoms with Gasteiger partial charge in [-0.1, -0.05) is 47.7 Å². The lowest BCUT2D eigenvalue weighted by Crippen LogP contribution is -2.00. The quantitative estimate of drug-likeness (QED) is 0.333. The Kier molecular flexibility index (Phi) is 7.47. The minimum Gasteiger partial charge on any atom is -0.494 e. The van der Waals surface area contributed by atoms with Gasteiger partial charge in [-0.05, 0) is 48.9 Å². The SMILES string of the molecule is COc1cc(CCCc2sc(=O)[nH]c2O)ccc1OCc1coc(CCc2ccccc2)n1. The fourth-order valence-corrected chi connectivity index (χ4v) is 4.30. The normalized spacial score (nSPS) is 10.9. The molecule has 0 aliphatic heterocycles. The first-order valence-electron chi connectivity index (χ1n) is 10.8. The van der Waals surface area contributed by atoms with E-state index in [1.807, 2.05) is 36.4 Å².